The Morgan fingerprint density at radius 3 is 2.19 bits per heavy atom. The van der Waals surface area contributed by atoms with Crippen LogP contribution in [0.15, 0.2) is 0 Å². The normalized spacial score (nSPS) is 11.7. The van der Waals surface area contributed by atoms with Gasteiger partial charge in [-0.3, -0.25) is 0 Å². The van der Waals surface area contributed by atoms with Crippen molar-refractivity contribution in [3.05, 3.63) is 22.9 Å². The second-order valence-electron chi connectivity index (χ2n) is 4.70. The van der Waals surface area contributed by atoms with Crippen LogP contribution < -0.4 is 4.74 Å². The van der Waals surface area contributed by atoms with Crippen molar-refractivity contribution in [1.29, 1.82) is 0 Å². The fraction of sp³-hybridized carbons (Fsp3) is 0.583. The van der Waals surface area contributed by atoms with Gasteiger partial charge in [0.2, 0.25) is 0 Å². The maximum Gasteiger partial charge on any atom is 0.251 e. The zero-order valence-corrected chi connectivity index (χ0v) is 10.3. The van der Waals surface area contributed by atoms with Crippen molar-refractivity contribution in [1.82, 2.24) is 4.98 Å². The molecule has 1 aromatic heterocycles. The number of nitrogens with zero attached hydrogens (tertiary/aromatic N) is 1. The number of pyridine rings is 1. The Morgan fingerprint density at radius 2 is 1.75 bits per heavy atom. The Kier molecular flexibility index (Phi) is 3.51. The zero-order valence-electron chi connectivity index (χ0n) is 10.3. The standard InChI is InChI=1S/C12H17F2NO/c1-6-16-11-9(14)7(2)8(13)10(15-11)12(3,4)5/h6H2,1-5H3. The van der Waals surface area contributed by atoms with Crippen LogP contribution in [0.1, 0.15) is 39.0 Å². The molecule has 4 heteroatoms. The third kappa shape index (κ3) is 2.31. The first-order chi connectivity index (χ1) is 7.29. The molecule has 1 aromatic rings. The Morgan fingerprint density at radius 1 is 1.19 bits per heavy atom. The fourth-order valence-corrected chi connectivity index (χ4v) is 1.36. The van der Waals surface area contributed by atoms with E-state index in [0.29, 0.717) is 6.61 Å². The van der Waals surface area contributed by atoms with Crippen molar-refractivity contribution < 1.29 is 13.5 Å². The molecule has 0 spiro atoms. The van der Waals surface area contributed by atoms with E-state index >= 15 is 0 Å². The van der Waals surface area contributed by atoms with Gasteiger partial charge in [-0.1, -0.05) is 20.8 Å². The Hall–Kier alpha value is -1.19. The van der Waals surface area contributed by atoms with Crippen LogP contribution in [0.25, 0.3) is 0 Å². The van der Waals surface area contributed by atoms with Gasteiger partial charge in [0.1, 0.15) is 0 Å². The van der Waals surface area contributed by atoms with E-state index < -0.39 is 17.0 Å². The van der Waals surface area contributed by atoms with Crippen LogP contribution >= 0.6 is 0 Å². The SMILES string of the molecule is CCOc1nc(C(C)(C)C)c(F)c(C)c1F. The van der Waals surface area contributed by atoms with Crippen molar-refractivity contribution in [2.75, 3.05) is 6.61 Å². The molecule has 0 saturated heterocycles. The topological polar surface area (TPSA) is 22.1 Å². The van der Waals surface area contributed by atoms with Crippen LogP contribution in [0.2, 0.25) is 0 Å². The smallest absolute Gasteiger partial charge is 0.251 e. The Bertz CT molecular complexity index is 397. The average Bonchev–Trinajstić information content (AvgIpc) is 2.17. The van der Waals surface area contributed by atoms with Crippen LogP contribution in [0, 0.1) is 18.6 Å². The summed E-state index contributed by atoms with van der Waals surface area (Å²) in [6, 6.07) is 0. The molecule has 0 fully saturated rings. The quantitative estimate of drug-likeness (QED) is 0.775. The van der Waals surface area contributed by atoms with Gasteiger partial charge in [0, 0.05) is 11.0 Å². The first-order valence-corrected chi connectivity index (χ1v) is 5.28. The lowest BCUT2D eigenvalue weighted by Crippen LogP contribution is -2.19. The monoisotopic (exact) mass is 229 g/mol. The second kappa shape index (κ2) is 4.36. The van der Waals surface area contributed by atoms with Crippen LogP contribution in [0.3, 0.4) is 0 Å². The van der Waals surface area contributed by atoms with Crippen molar-refractivity contribution in [2.45, 2.75) is 40.0 Å². The highest BCUT2D eigenvalue weighted by Crippen LogP contribution is 2.30. The summed E-state index contributed by atoms with van der Waals surface area (Å²) in [5.41, 5.74) is -0.285. The summed E-state index contributed by atoms with van der Waals surface area (Å²) < 4.78 is 32.5. The van der Waals surface area contributed by atoms with E-state index in [0.717, 1.165) is 0 Å². The molecule has 1 heterocycles. The number of hydrogen-bond acceptors (Lipinski definition) is 2. The summed E-state index contributed by atoms with van der Waals surface area (Å²) in [6.45, 7) is 8.90. The molecule has 0 unspecified atom stereocenters. The number of halogens is 2. The Balaban J connectivity index is 3.41. The van der Waals surface area contributed by atoms with Crippen molar-refractivity contribution >= 4 is 0 Å². The van der Waals surface area contributed by atoms with Crippen molar-refractivity contribution in [3.63, 3.8) is 0 Å². The van der Waals surface area contributed by atoms with Crippen LogP contribution in [-0.4, -0.2) is 11.6 Å². The van der Waals surface area contributed by atoms with Crippen molar-refractivity contribution in [3.8, 4) is 5.88 Å². The zero-order chi connectivity index (χ0) is 12.5. The number of aromatic nitrogens is 1. The van der Waals surface area contributed by atoms with E-state index in [4.69, 9.17) is 4.74 Å². The molecule has 0 aliphatic rings. The fourth-order valence-electron chi connectivity index (χ4n) is 1.36. The van der Waals surface area contributed by atoms with Gasteiger partial charge in [-0.25, -0.2) is 13.8 Å². The second-order valence-corrected chi connectivity index (χ2v) is 4.70. The highest BCUT2D eigenvalue weighted by Gasteiger charge is 2.26. The van der Waals surface area contributed by atoms with E-state index in [1.165, 1.54) is 6.92 Å². The van der Waals surface area contributed by atoms with E-state index in [-0.39, 0.29) is 17.1 Å². The van der Waals surface area contributed by atoms with Gasteiger partial charge in [0.25, 0.3) is 5.88 Å². The summed E-state index contributed by atoms with van der Waals surface area (Å²) in [4.78, 5) is 3.92. The largest absolute Gasteiger partial charge is 0.476 e. The van der Waals surface area contributed by atoms with Gasteiger partial charge in [-0.05, 0) is 13.8 Å². The summed E-state index contributed by atoms with van der Waals surface area (Å²) in [5, 5.41) is 0. The predicted molar refractivity (Wildman–Crippen MR) is 58.8 cm³/mol. The molecule has 0 radical (unpaired) electrons. The predicted octanol–water partition coefficient (Wildman–Crippen LogP) is 3.36. The molecular formula is C12H17F2NO. The summed E-state index contributed by atoms with van der Waals surface area (Å²) >= 11 is 0. The molecule has 0 aliphatic heterocycles. The van der Waals surface area contributed by atoms with E-state index in [1.54, 1.807) is 6.92 Å². The third-order valence-corrected chi connectivity index (χ3v) is 2.26. The summed E-state index contributed by atoms with van der Waals surface area (Å²) in [6.07, 6.45) is 0. The maximum atomic E-state index is 13.8. The minimum Gasteiger partial charge on any atom is -0.476 e. The van der Waals surface area contributed by atoms with E-state index in [2.05, 4.69) is 4.98 Å². The molecule has 0 saturated carbocycles. The molecular weight excluding hydrogens is 212 g/mol. The van der Waals surface area contributed by atoms with Gasteiger partial charge < -0.3 is 4.74 Å². The lowest BCUT2D eigenvalue weighted by Gasteiger charge is -2.20. The van der Waals surface area contributed by atoms with Gasteiger partial charge in [-0.2, -0.15) is 0 Å². The minimum absolute atomic E-state index is 0.0385. The molecule has 90 valence electrons. The third-order valence-electron chi connectivity index (χ3n) is 2.26. The summed E-state index contributed by atoms with van der Waals surface area (Å²) in [5.74, 6) is -1.42. The minimum atomic E-state index is -0.715. The molecule has 0 N–H and O–H groups in total. The van der Waals surface area contributed by atoms with Crippen LogP contribution in [-0.2, 0) is 5.41 Å². The van der Waals surface area contributed by atoms with Crippen LogP contribution in [0.5, 0.6) is 5.88 Å². The molecule has 0 aliphatic carbocycles. The Labute approximate surface area is 94.7 Å². The van der Waals surface area contributed by atoms with Gasteiger partial charge >= 0.3 is 0 Å². The van der Waals surface area contributed by atoms with E-state index in [1.807, 2.05) is 20.8 Å². The maximum absolute atomic E-state index is 13.8. The van der Waals surface area contributed by atoms with Crippen molar-refractivity contribution in [2.24, 2.45) is 0 Å². The number of ether oxygens (including phenoxy) is 1. The van der Waals surface area contributed by atoms with Gasteiger partial charge in [0.05, 0.1) is 12.3 Å². The van der Waals surface area contributed by atoms with Gasteiger partial charge in [-0.15, -0.1) is 0 Å². The van der Waals surface area contributed by atoms with Crippen LogP contribution in [0.4, 0.5) is 8.78 Å². The molecule has 0 bridgehead atoms. The number of hydrogen-bond donors (Lipinski definition) is 0. The highest BCUT2D eigenvalue weighted by atomic mass is 19.1. The number of rotatable bonds is 2. The highest BCUT2D eigenvalue weighted by molar-refractivity contribution is 5.31. The molecule has 2 nitrogen and oxygen atoms in total. The first kappa shape index (κ1) is 12.9. The molecule has 0 atom stereocenters. The molecule has 0 aromatic carbocycles. The molecule has 0 amide bonds. The lowest BCUT2D eigenvalue weighted by atomic mass is 9.90. The average molecular weight is 229 g/mol. The summed E-state index contributed by atoms with van der Waals surface area (Å²) in [7, 11) is 0. The first-order valence-electron chi connectivity index (χ1n) is 5.28. The van der Waals surface area contributed by atoms with E-state index in [9.17, 15) is 8.78 Å². The molecule has 1 rings (SSSR count). The lowest BCUT2D eigenvalue weighted by molar-refractivity contribution is 0.299. The van der Waals surface area contributed by atoms with Gasteiger partial charge in [0.15, 0.2) is 11.6 Å². The molecule has 16 heavy (non-hydrogen) atoms.